The lowest BCUT2D eigenvalue weighted by molar-refractivity contribution is -0.191. The van der Waals surface area contributed by atoms with Crippen LogP contribution in [0.1, 0.15) is 59.8 Å². The smallest absolute Gasteiger partial charge is 0.0861 e. The number of aliphatic hydroxyl groups is 2. The standard InChI is InChI=1S/C20H32O2/c1-6-19(4)10-9-14-13(11-19)7-8-16-18(2,3)12-15(21)17(22)20(14,16)5/h6,11,14-17,21-22H,1,7-10,12H2,2-5H3. The van der Waals surface area contributed by atoms with Gasteiger partial charge in [0.25, 0.3) is 0 Å². The van der Waals surface area contributed by atoms with Gasteiger partial charge in [0.15, 0.2) is 0 Å². The first-order valence-electron chi connectivity index (χ1n) is 8.85. The van der Waals surface area contributed by atoms with Crippen LogP contribution in [0.2, 0.25) is 0 Å². The quantitative estimate of drug-likeness (QED) is 0.717. The van der Waals surface area contributed by atoms with Gasteiger partial charge in [0, 0.05) is 10.8 Å². The van der Waals surface area contributed by atoms with Crippen molar-refractivity contribution >= 4 is 0 Å². The predicted molar refractivity (Wildman–Crippen MR) is 90.4 cm³/mol. The van der Waals surface area contributed by atoms with Gasteiger partial charge in [-0.25, -0.2) is 0 Å². The van der Waals surface area contributed by atoms with Crippen molar-refractivity contribution in [1.82, 2.24) is 0 Å². The molecule has 0 aromatic heterocycles. The van der Waals surface area contributed by atoms with E-state index < -0.39 is 12.2 Å². The average Bonchev–Trinajstić information content (AvgIpc) is 2.44. The third kappa shape index (κ3) is 2.14. The molecule has 2 N–H and O–H groups in total. The van der Waals surface area contributed by atoms with Crippen LogP contribution in [0.4, 0.5) is 0 Å². The summed E-state index contributed by atoms with van der Waals surface area (Å²) in [6.07, 6.45) is 8.46. The summed E-state index contributed by atoms with van der Waals surface area (Å²) in [5, 5.41) is 21.4. The van der Waals surface area contributed by atoms with Gasteiger partial charge in [-0.05, 0) is 49.4 Å². The SMILES string of the molecule is C=CC1(C)C=C2CCC3C(C)(C)CC(O)C(O)C3(C)C2CC1. The minimum Gasteiger partial charge on any atom is -0.390 e. The van der Waals surface area contributed by atoms with Crippen molar-refractivity contribution in [1.29, 1.82) is 0 Å². The minimum atomic E-state index is -0.604. The Bertz CT molecular complexity index is 506. The summed E-state index contributed by atoms with van der Waals surface area (Å²) in [4.78, 5) is 0. The van der Waals surface area contributed by atoms with Crippen LogP contribution in [0.25, 0.3) is 0 Å². The van der Waals surface area contributed by atoms with Gasteiger partial charge >= 0.3 is 0 Å². The molecule has 3 aliphatic carbocycles. The van der Waals surface area contributed by atoms with Crippen molar-refractivity contribution in [2.24, 2.45) is 28.1 Å². The Kier molecular flexibility index (Phi) is 3.66. The zero-order valence-corrected chi connectivity index (χ0v) is 14.6. The Morgan fingerprint density at radius 1 is 1.18 bits per heavy atom. The second kappa shape index (κ2) is 4.95. The molecule has 0 heterocycles. The number of hydrogen-bond donors (Lipinski definition) is 2. The third-order valence-electron chi connectivity index (χ3n) is 7.30. The normalized spacial score (nSPS) is 50.5. The molecule has 3 rings (SSSR count). The second-order valence-electron chi connectivity index (χ2n) is 9.18. The van der Waals surface area contributed by atoms with E-state index in [4.69, 9.17) is 0 Å². The Morgan fingerprint density at radius 3 is 2.50 bits per heavy atom. The lowest BCUT2D eigenvalue weighted by atomic mass is 9.44. The molecule has 0 aliphatic heterocycles. The van der Waals surface area contributed by atoms with E-state index in [1.807, 2.05) is 0 Å². The molecule has 124 valence electrons. The Hall–Kier alpha value is -0.600. The number of rotatable bonds is 1. The van der Waals surface area contributed by atoms with Crippen LogP contribution >= 0.6 is 0 Å². The molecule has 0 aromatic rings. The largest absolute Gasteiger partial charge is 0.390 e. The summed E-state index contributed by atoms with van der Waals surface area (Å²) in [6, 6.07) is 0. The van der Waals surface area contributed by atoms with Gasteiger partial charge in [-0.15, -0.1) is 6.58 Å². The molecule has 2 nitrogen and oxygen atoms in total. The molecule has 0 saturated heterocycles. The molecule has 0 spiro atoms. The topological polar surface area (TPSA) is 40.5 Å². The molecule has 0 aromatic carbocycles. The third-order valence-corrected chi connectivity index (χ3v) is 7.30. The molecule has 0 bridgehead atoms. The van der Waals surface area contributed by atoms with Gasteiger partial charge in [-0.2, -0.15) is 0 Å². The fourth-order valence-corrected chi connectivity index (χ4v) is 6.07. The molecule has 2 heteroatoms. The zero-order chi connectivity index (χ0) is 16.3. The first-order valence-corrected chi connectivity index (χ1v) is 8.85. The van der Waals surface area contributed by atoms with Gasteiger partial charge in [-0.3, -0.25) is 0 Å². The van der Waals surface area contributed by atoms with Crippen molar-refractivity contribution in [2.75, 3.05) is 0 Å². The Morgan fingerprint density at radius 2 is 1.86 bits per heavy atom. The van der Waals surface area contributed by atoms with Crippen LogP contribution in [0, 0.1) is 28.1 Å². The highest BCUT2D eigenvalue weighted by Gasteiger charge is 2.60. The minimum absolute atomic E-state index is 0.0954. The Balaban J connectivity index is 2.04. The summed E-state index contributed by atoms with van der Waals surface area (Å²) in [6.45, 7) is 13.1. The fraction of sp³-hybridized carbons (Fsp3) is 0.800. The van der Waals surface area contributed by atoms with E-state index >= 15 is 0 Å². The van der Waals surface area contributed by atoms with E-state index in [1.165, 1.54) is 5.57 Å². The Labute approximate surface area is 135 Å². The van der Waals surface area contributed by atoms with Crippen molar-refractivity contribution in [2.45, 2.75) is 72.0 Å². The van der Waals surface area contributed by atoms with Crippen LogP contribution < -0.4 is 0 Å². The lowest BCUT2D eigenvalue weighted by Crippen LogP contribution is -2.62. The summed E-state index contributed by atoms with van der Waals surface area (Å²) in [5.41, 5.74) is 1.49. The maximum Gasteiger partial charge on any atom is 0.0861 e. The molecule has 6 atom stereocenters. The molecular formula is C20H32O2. The maximum absolute atomic E-state index is 10.9. The monoisotopic (exact) mass is 304 g/mol. The van der Waals surface area contributed by atoms with Crippen LogP contribution in [0.15, 0.2) is 24.3 Å². The number of aliphatic hydroxyl groups excluding tert-OH is 2. The van der Waals surface area contributed by atoms with E-state index in [9.17, 15) is 10.2 Å². The van der Waals surface area contributed by atoms with E-state index in [-0.39, 0.29) is 16.2 Å². The summed E-state index contributed by atoms with van der Waals surface area (Å²) >= 11 is 0. The molecule has 6 unspecified atom stereocenters. The first-order chi connectivity index (χ1) is 10.1. The van der Waals surface area contributed by atoms with Crippen molar-refractivity contribution < 1.29 is 10.2 Å². The van der Waals surface area contributed by atoms with Crippen molar-refractivity contribution in [3.63, 3.8) is 0 Å². The number of allylic oxidation sites excluding steroid dienone is 3. The molecule has 2 fully saturated rings. The lowest BCUT2D eigenvalue weighted by Gasteiger charge is -2.62. The van der Waals surface area contributed by atoms with Gasteiger partial charge in [0.1, 0.15) is 0 Å². The first kappa shape index (κ1) is 16.3. The highest BCUT2D eigenvalue weighted by molar-refractivity contribution is 5.27. The number of hydrogen-bond acceptors (Lipinski definition) is 2. The molecule has 3 aliphatic rings. The van der Waals surface area contributed by atoms with E-state index in [0.717, 1.165) is 25.7 Å². The van der Waals surface area contributed by atoms with E-state index in [2.05, 4.69) is 46.4 Å². The fourth-order valence-electron chi connectivity index (χ4n) is 6.07. The molecule has 0 amide bonds. The second-order valence-corrected chi connectivity index (χ2v) is 9.18. The van der Waals surface area contributed by atoms with Gasteiger partial charge in [-0.1, -0.05) is 45.4 Å². The van der Waals surface area contributed by atoms with Crippen LogP contribution in [-0.4, -0.2) is 22.4 Å². The molecular weight excluding hydrogens is 272 g/mol. The highest BCUT2D eigenvalue weighted by Crippen LogP contribution is 2.63. The van der Waals surface area contributed by atoms with Gasteiger partial charge in [0.05, 0.1) is 12.2 Å². The van der Waals surface area contributed by atoms with Crippen LogP contribution in [-0.2, 0) is 0 Å². The predicted octanol–water partition coefficient (Wildman–Crippen LogP) is 4.08. The molecule has 0 radical (unpaired) electrons. The van der Waals surface area contributed by atoms with Crippen molar-refractivity contribution in [3.8, 4) is 0 Å². The number of fused-ring (bicyclic) bond motifs is 3. The van der Waals surface area contributed by atoms with Crippen LogP contribution in [0.3, 0.4) is 0 Å². The maximum atomic E-state index is 10.9. The van der Waals surface area contributed by atoms with Crippen molar-refractivity contribution in [3.05, 3.63) is 24.3 Å². The van der Waals surface area contributed by atoms with Gasteiger partial charge < -0.3 is 10.2 Å². The average molecular weight is 304 g/mol. The van der Waals surface area contributed by atoms with E-state index in [1.54, 1.807) is 0 Å². The summed E-state index contributed by atoms with van der Waals surface area (Å²) < 4.78 is 0. The van der Waals surface area contributed by atoms with E-state index in [0.29, 0.717) is 18.3 Å². The summed E-state index contributed by atoms with van der Waals surface area (Å²) in [5.74, 6) is 0.886. The summed E-state index contributed by atoms with van der Waals surface area (Å²) in [7, 11) is 0. The highest BCUT2D eigenvalue weighted by atomic mass is 16.3. The molecule has 22 heavy (non-hydrogen) atoms. The van der Waals surface area contributed by atoms with Crippen LogP contribution in [0.5, 0.6) is 0 Å². The molecule has 2 saturated carbocycles. The van der Waals surface area contributed by atoms with Gasteiger partial charge in [0.2, 0.25) is 0 Å². The zero-order valence-electron chi connectivity index (χ0n) is 14.6.